The number of benzene rings is 4. The van der Waals surface area contributed by atoms with Crippen LogP contribution in [0.4, 0.5) is 35.1 Å². The van der Waals surface area contributed by atoms with Crippen molar-refractivity contribution >= 4 is 0 Å². The van der Waals surface area contributed by atoms with E-state index in [1.54, 1.807) is 6.07 Å². The van der Waals surface area contributed by atoms with E-state index in [4.69, 9.17) is 0 Å². The first-order valence-electron chi connectivity index (χ1n) is 15.1. The van der Waals surface area contributed by atoms with Crippen LogP contribution in [0.15, 0.2) is 66.7 Å². The molecule has 0 N–H and O–H groups in total. The summed E-state index contributed by atoms with van der Waals surface area (Å²) in [5.74, 6) is -8.12. The predicted molar refractivity (Wildman–Crippen MR) is 157 cm³/mol. The molecule has 1 aliphatic carbocycles. The highest BCUT2D eigenvalue weighted by atomic mass is 19.3. The molecule has 1 nitrogen and oxygen atoms in total. The van der Waals surface area contributed by atoms with Crippen LogP contribution in [-0.4, -0.2) is 0 Å². The summed E-state index contributed by atoms with van der Waals surface area (Å²) >= 11 is 0. The van der Waals surface area contributed by atoms with Gasteiger partial charge in [0.1, 0.15) is 28.8 Å². The second kappa shape index (κ2) is 13.6. The highest BCUT2D eigenvalue weighted by molar-refractivity contribution is 5.66. The summed E-state index contributed by atoms with van der Waals surface area (Å²) in [6.45, 7) is 2.17. The molecule has 1 saturated carbocycles. The fraction of sp³-hybridized carbons (Fsp3) is 0.333. The van der Waals surface area contributed by atoms with Crippen molar-refractivity contribution in [3.63, 3.8) is 0 Å². The molecule has 0 aliphatic heterocycles. The van der Waals surface area contributed by atoms with Gasteiger partial charge in [-0.2, -0.15) is 8.78 Å². The van der Waals surface area contributed by atoms with Crippen LogP contribution < -0.4 is 4.74 Å². The van der Waals surface area contributed by atoms with Gasteiger partial charge in [-0.15, -0.1) is 0 Å². The maximum absolute atomic E-state index is 15.2. The molecule has 0 spiro atoms. The molecule has 5 rings (SSSR count). The smallest absolute Gasteiger partial charge is 0.429 e. The Morgan fingerprint density at radius 2 is 1.24 bits per heavy atom. The Morgan fingerprint density at radius 3 is 1.82 bits per heavy atom. The van der Waals surface area contributed by atoms with Crippen LogP contribution in [0.2, 0.25) is 0 Å². The zero-order valence-corrected chi connectivity index (χ0v) is 24.6. The van der Waals surface area contributed by atoms with E-state index in [9.17, 15) is 13.2 Å². The van der Waals surface area contributed by atoms with Gasteiger partial charge in [0.2, 0.25) is 0 Å². The van der Waals surface area contributed by atoms with Gasteiger partial charge in [-0.3, -0.25) is 0 Å². The lowest BCUT2D eigenvalue weighted by Gasteiger charge is -2.29. The standard InChI is InChI=1S/C36H32F8O/c1-2-3-4-5-21-6-8-22(9-7-21)24-12-15-28(29(37)16-24)26-19-30(38)34(31(39)20-26)36(43,44)45-27-13-10-23(11-14-27)25-17-32(40)35(42)33(41)18-25/h10-22H,2-9H2,1H3. The highest BCUT2D eigenvalue weighted by Crippen LogP contribution is 2.41. The first-order chi connectivity index (χ1) is 21.5. The van der Waals surface area contributed by atoms with Gasteiger partial charge >= 0.3 is 6.11 Å². The summed E-state index contributed by atoms with van der Waals surface area (Å²) in [6, 6.07) is 11.6. The first-order valence-corrected chi connectivity index (χ1v) is 15.1. The molecule has 0 heterocycles. The Balaban J connectivity index is 1.29. The van der Waals surface area contributed by atoms with Gasteiger partial charge in [-0.05, 0) is 102 Å². The number of rotatable bonds is 10. The van der Waals surface area contributed by atoms with Crippen molar-refractivity contribution in [1.29, 1.82) is 0 Å². The molecular formula is C36H32F8O. The molecule has 9 heteroatoms. The molecule has 1 aliphatic rings. The van der Waals surface area contributed by atoms with E-state index in [1.807, 2.05) is 0 Å². The molecule has 0 radical (unpaired) electrons. The molecule has 0 saturated heterocycles. The van der Waals surface area contributed by atoms with Crippen LogP contribution in [-0.2, 0) is 6.11 Å². The Bertz CT molecular complexity index is 1600. The largest absolute Gasteiger partial charge is 0.432 e. The Kier molecular flexibility index (Phi) is 9.85. The van der Waals surface area contributed by atoms with E-state index in [-0.39, 0.29) is 28.2 Å². The summed E-state index contributed by atoms with van der Waals surface area (Å²) < 4.78 is 120. The highest BCUT2D eigenvalue weighted by Gasteiger charge is 2.41. The number of hydrogen-bond donors (Lipinski definition) is 0. The van der Waals surface area contributed by atoms with Gasteiger partial charge in [0.05, 0.1) is 0 Å². The number of halogens is 8. The Labute approximate surface area is 256 Å². The predicted octanol–water partition coefficient (Wildman–Crippen LogP) is 11.8. The average molecular weight is 633 g/mol. The van der Waals surface area contributed by atoms with Gasteiger partial charge in [-0.1, -0.05) is 56.9 Å². The second-order valence-corrected chi connectivity index (χ2v) is 11.7. The molecule has 0 amide bonds. The monoisotopic (exact) mass is 632 g/mol. The molecule has 238 valence electrons. The van der Waals surface area contributed by atoms with E-state index in [2.05, 4.69) is 11.7 Å². The van der Waals surface area contributed by atoms with Gasteiger partial charge in [0.15, 0.2) is 17.5 Å². The van der Waals surface area contributed by atoms with Crippen molar-refractivity contribution in [2.75, 3.05) is 0 Å². The third kappa shape index (κ3) is 7.34. The zero-order chi connectivity index (χ0) is 32.3. The van der Waals surface area contributed by atoms with Gasteiger partial charge in [0.25, 0.3) is 0 Å². The van der Waals surface area contributed by atoms with Gasteiger partial charge < -0.3 is 4.74 Å². The Morgan fingerprint density at radius 1 is 0.644 bits per heavy atom. The number of alkyl halides is 2. The minimum absolute atomic E-state index is 0.0668. The van der Waals surface area contributed by atoms with E-state index < -0.39 is 52.3 Å². The van der Waals surface area contributed by atoms with Crippen LogP contribution >= 0.6 is 0 Å². The molecule has 45 heavy (non-hydrogen) atoms. The fourth-order valence-electron chi connectivity index (χ4n) is 6.13. The van der Waals surface area contributed by atoms with Crippen molar-refractivity contribution in [2.45, 2.75) is 70.3 Å². The molecule has 0 bridgehead atoms. The summed E-state index contributed by atoms with van der Waals surface area (Å²) in [4.78, 5) is 0. The quantitative estimate of drug-likeness (QED) is 0.0960. The van der Waals surface area contributed by atoms with Crippen molar-refractivity contribution in [3.05, 3.63) is 113 Å². The third-order valence-corrected chi connectivity index (χ3v) is 8.59. The lowest BCUT2D eigenvalue weighted by Crippen LogP contribution is -2.25. The van der Waals surface area contributed by atoms with Crippen LogP contribution in [0.25, 0.3) is 22.3 Å². The van der Waals surface area contributed by atoms with Crippen LogP contribution in [0.3, 0.4) is 0 Å². The zero-order valence-electron chi connectivity index (χ0n) is 24.6. The van der Waals surface area contributed by atoms with Gasteiger partial charge in [0, 0.05) is 5.56 Å². The van der Waals surface area contributed by atoms with Crippen molar-refractivity contribution in [1.82, 2.24) is 0 Å². The summed E-state index contributed by atoms with van der Waals surface area (Å²) in [5.41, 5.74) is -1.13. The summed E-state index contributed by atoms with van der Waals surface area (Å²) in [7, 11) is 0. The molecule has 4 aromatic rings. The van der Waals surface area contributed by atoms with Crippen molar-refractivity contribution in [3.8, 4) is 28.0 Å². The molecule has 4 aromatic carbocycles. The summed E-state index contributed by atoms with van der Waals surface area (Å²) in [5, 5.41) is 0. The second-order valence-electron chi connectivity index (χ2n) is 11.7. The van der Waals surface area contributed by atoms with E-state index >= 15 is 22.0 Å². The van der Waals surface area contributed by atoms with E-state index in [1.165, 1.54) is 49.9 Å². The third-order valence-electron chi connectivity index (χ3n) is 8.59. The Hall–Kier alpha value is -3.88. The van der Waals surface area contributed by atoms with Crippen molar-refractivity contribution in [2.24, 2.45) is 5.92 Å². The summed E-state index contributed by atoms with van der Waals surface area (Å²) in [6.07, 6.45) is 4.38. The maximum Gasteiger partial charge on any atom is 0.432 e. The van der Waals surface area contributed by atoms with Crippen LogP contribution in [0, 0.1) is 40.8 Å². The first kappa shape index (κ1) is 32.5. The normalized spacial score (nSPS) is 17.0. The molecule has 0 aromatic heterocycles. The molecule has 1 fully saturated rings. The minimum Gasteiger partial charge on any atom is -0.429 e. The molecule has 0 atom stereocenters. The van der Waals surface area contributed by atoms with E-state index in [0.717, 1.165) is 55.5 Å². The average Bonchev–Trinajstić information content (AvgIpc) is 2.99. The lowest BCUT2D eigenvalue weighted by atomic mass is 9.77. The van der Waals surface area contributed by atoms with Crippen molar-refractivity contribution < 1.29 is 39.9 Å². The molecule has 0 unspecified atom stereocenters. The minimum atomic E-state index is -4.47. The lowest BCUT2D eigenvalue weighted by molar-refractivity contribution is -0.189. The maximum atomic E-state index is 15.2. The fourth-order valence-corrected chi connectivity index (χ4v) is 6.13. The topological polar surface area (TPSA) is 9.23 Å². The SMILES string of the molecule is CCCCCC1CCC(c2ccc(-c3cc(F)c(C(F)(F)Oc4ccc(-c5cc(F)c(F)c(F)c5)cc4)c(F)c3)c(F)c2)CC1. The molecular weight excluding hydrogens is 600 g/mol. The number of unbranched alkanes of at least 4 members (excludes halogenated alkanes) is 2. The van der Waals surface area contributed by atoms with Gasteiger partial charge in [-0.25, -0.2) is 26.3 Å². The van der Waals surface area contributed by atoms with Crippen LogP contribution in [0.5, 0.6) is 5.75 Å². The number of hydrogen-bond acceptors (Lipinski definition) is 1. The number of ether oxygens (including phenoxy) is 1. The van der Waals surface area contributed by atoms with Crippen LogP contribution in [0.1, 0.15) is 75.3 Å². The van der Waals surface area contributed by atoms with E-state index in [0.29, 0.717) is 18.1 Å².